The molecule has 2 heterocycles. The van der Waals surface area contributed by atoms with Crippen LogP contribution >= 0.6 is 0 Å². The molecule has 5 nitrogen and oxygen atoms in total. The van der Waals surface area contributed by atoms with Crippen molar-refractivity contribution in [3.05, 3.63) is 85.1 Å². The summed E-state index contributed by atoms with van der Waals surface area (Å²) in [5.74, 6) is 0. The van der Waals surface area contributed by atoms with Crippen molar-refractivity contribution >= 4 is 21.1 Å². The lowest BCUT2D eigenvalue weighted by atomic mass is 9.98. The number of pyridine rings is 1. The van der Waals surface area contributed by atoms with E-state index in [1.165, 1.54) is 12.1 Å². The number of rotatable bonds is 4. The summed E-state index contributed by atoms with van der Waals surface area (Å²) in [6.07, 6.45) is 1.89. The minimum atomic E-state index is -3.74. The van der Waals surface area contributed by atoms with E-state index >= 15 is 0 Å². The maximum Gasteiger partial charge on any atom is 0.238 e. The van der Waals surface area contributed by atoms with Gasteiger partial charge in [0.1, 0.15) is 5.69 Å². The van der Waals surface area contributed by atoms with Crippen LogP contribution in [0.2, 0.25) is 0 Å². The first-order valence-corrected chi connectivity index (χ1v) is 10.3. The highest BCUT2D eigenvalue weighted by atomic mass is 32.2. The molecule has 0 radical (unpaired) electrons. The van der Waals surface area contributed by atoms with Crippen LogP contribution in [0.1, 0.15) is 12.5 Å². The first-order chi connectivity index (χ1) is 13.3. The number of fused-ring (bicyclic) bond motifs is 1. The molecule has 0 amide bonds. The molecule has 0 saturated heterocycles. The molecular formula is C22H19N3O2S. The molecular weight excluding hydrogens is 370 g/mol. The van der Waals surface area contributed by atoms with Gasteiger partial charge in [0, 0.05) is 17.3 Å². The van der Waals surface area contributed by atoms with Crippen LogP contribution in [0.5, 0.6) is 0 Å². The zero-order valence-corrected chi connectivity index (χ0v) is 16.1. The molecule has 0 atom stereocenters. The quantitative estimate of drug-likeness (QED) is 0.564. The van der Waals surface area contributed by atoms with Crippen molar-refractivity contribution in [2.24, 2.45) is 5.14 Å². The van der Waals surface area contributed by atoms with Gasteiger partial charge in [-0.25, -0.2) is 18.1 Å². The van der Waals surface area contributed by atoms with Gasteiger partial charge < -0.3 is 0 Å². The molecule has 0 aliphatic heterocycles. The Morgan fingerprint density at radius 3 is 2.21 bits per heavy atom. The first-order valence-electron chi connectivity index (χ1n) is 8.71. The van der Waals surface area contributed by atoms with E-state index < -0.39 is 10.0 Å². The smallest absolute Gasteiger partial charge is 0.238 e. The second kappa shape index (κ2) is 6.74. The van der Waals surface area contributed by atoms with E-state index in [-0.39, 0.29) is 4.90 Å². The molecule has 28 heavy (non-hydrogen) atoms. The van der Waals surface area contributed by atoms with Crippen molar-refractivity contribution in [3.8, 4) is 22.4 Å². The van der Waals surface area contributed by atoms with Crippen LogP contribution in [-0.4, -0.2) is 18.0 Å². The SMILES string of the molecule is C=C(C)c1ccc(-c2nn3ccccc3c2-c2ccc(S(N)(=O)=O)cc2)cc1. The lowest BCUT2D eigenvalue weighted by molar-refractivity contribution is 0.598. The summed E-state index contributed by atoms with van der Waals surface area (Å²) in [7, 11) is -3.74. The number of allylic oxidation sites excluding steroid dienone is 1. The Morgan fingerprint density at radius 2 is 1.61 bits per heavy atom. The van der Waals surface area contributed by atoms with E-state index in [2.05, 4.69) is 6.58 Å². The topological polar surface area (TPSA) is 77.5 Å². The zero-order chi connectivity index (χ0) is 19.9. The molecule has 0 unspecified atom stereocenters. The predicted octanol–water partition coefficient (Wildman–Crippen LogP) is 4.35. The van der Waals surface area contributed by atoms with E-state index in [1.54, 1.807) is 12.1 Å². The molecule has 0 aliphatic carbocycles. The van der Waals surface area contributed by atoms with Crippen molar-refractivity contribution in [1.82, 2.24) is 9.61 Å². The average Bonchev–Trinajstić information content (AvgIpc) is 3.07. The second-order valence-corrected chi connectivity index (χ2v) is 8.24. The van der Waals surface area contributed by atoms with E-state index in [1.807, 2.05) is 60.1 Å². The summed E-state index contributed by atoms with van der Waals surface area (Å²) in [5.41, 5.74) is 6.61. The third-order valence-electron chi connectivity index (χ3n) is 4.66. The summed E-state index contributed by atoms with van der Waals surface area (Å²) in [4.78, 5) is 0.0834. The van der Waals surface area contributed by atoms with Crippen LogP contribution in [0.15, 0.2) is 84.4 Å². The Balaban J connectivity index is 1.92. The Kier molecular flexibility index (Phi) is 4.37. The predicted molar refractivity (Wildman–Crippen MR) is 112 cm³/mol. The van der Waals surface area contributed by atoms with Gasteiger partial charge in [-0.05, 0) is 42.3 Å². The van der Waals surface area contributed by atoms with Crippen molar-refractivity contribution < 1.29 is 8.42 Å². The number of benzene rings is 2. The maximum atomic E-state index is 11.6. The molecule has 4 rings (SSSR count). The lowest BCUT2D eigenvalue weighted by Crippen LogP contribution is -2.11. The van der Waals surface area contributed by atoms with E-state index in [4.69, 9.17) is 10.2 Å². The molecule has 0 fully saturated rings. The van der Waals surface area contributed by atoms with Gasteiger partial charge in [0.05, 0.1) is 10.4 Å². The minimum Gasteiger partial charge on any atom is -0.240 e. The number of hydrogen-bond donors (Lipinski definition) is 1. The summed E-state index contributed by atoms with van der Waals surface area (Å²) >= 11 is 0. The zero-order valence-electron chi connectivity index (χ0n) is 15.3. The highest BCUT2D eigenvalue weighted by Gasteiger charge is 2.17. The van der Waals surface area contributed by atoms with Gasteiger partial charge in [0.2, 0.25) is 10.0 Å². The number of hydrogen-bond acceptors (Lipinski definition) is 3. The highest BCUT2D eigenvalue weighted by molar-refractivity contribution is 7.89. The summed E-state index contributed by atoms with van der Waals surface area (Å²) < 4.78 is 25.0. The van der Waals surface area contributed by atoms with Gasteiger partial charge in [-0.1, -0.05) is 54.6 Å². The Bertz CT molecular complexity index is 1290. The summed E-state index contributed by atoms with van der Waals surface area (Å²) in [6, 6.07) is 20.5. The Morgan fingerprint density at radius 1 is 0.964 bits per heavy atom. The number of aromatic nitrogens is 2. The fraction of sp³-hybridized carbons (Fsp3) is 0.0455. The van der Waals surface area contributed by atoms with Crippen LogP contribution in [0.3, 0.4) is 0 Å². The Hall–Kier alpha value is -3.22. The van der Waals surface area contributed by atoms with Crippen molar-refractivity contribution in [2.75, 3.05) is 0 Å². The second-order valence-electron chi connectivity index (χ2n) is 6.68. The monoisotopic (exact) mass is 389 g/mol. The molecule has 0 spiro atoms. The molecule has 0 bridgehead atoms. The normalized spacial score (nSPS) is 11.6. The van der Waals surface area contributed by atoms with E-state index in [9.17, 15) is 8.42 Å². The summed E-state index contributed by atoms with van der Waals surface area (Å²) in [5, 5.41) is 9.98. The third-order valence-corrected chi connectivity index (χ3v) is 5.59. The van der Waals surface area contributed by atoms with Gasteiger partial charge in [-0.2, -0.15) is 5.10 Å². The van der Waals surface area contributed by atoms with E-state index in [0.717, 1.165) is 39.0 Å². The fourth-order valence-corrected chi connectivity index (χ4v) is 3.72. The van der Waals surface area contributed by atoms with Crippen LogP contribution < -0.4 is 5.14 Å². The largest absolute Gasteiger partial charge is 0.240 e. The van der Waals surface area contributed by atoms with E-state index in [0.29, 0.717) is 0 Å². The van der Waals surface area contributed by atoms with Crippen molar-refractivity contribution in [1.29, 1.82) is 0 Å². The molecule has 2 aromatic heterocycles. The molecule has 6 heteroatoms. The van der Waals surface area contributed by atoms with Gasteiger partial charge in [-0.15, -0.1) is 0 Å². The standard InChI is InChI=1S/C22H19N3O2S/c1-15(2)16-6-8-18(9-7-16)22-21(20-5-3-4-14-25(20)24-22)17-10-12-19(13-11-17)28(23,26)27/h3-14H,1H2,2H3,(H2,23,26,27). The third kappa shape index (κ3) is 3.24. The summed E-state index contributed by atoms with van der Waals surface area (Å²) in [6.45, 7) is 5.95. The molecule has 140 valence electrons. The average molecular weight is 389 g/mol. The minimum absolute atomic E-state index is 0.0834. The van der Waals surface area contributed by atoms with Crippen LogP contribution in [0.4, 0.5) is 0 Å². The number of nitrogens with zero attached hydrogens (tertiary/aromatic N) is 2. The molecule has 2 aromatic carbocycles. The van der Waals surface area contributed by atoms with Crippen molar-refractivity contribution in [3.63, 3.8) is 0 Å². The van der Waals surface area contributed by atoms with Gasteiger partial charge >= 0.3 is 0 Å². The maximum absolute atomic E-state index is 11.6. The van der Waals surface area contributed by atoms with Crippen LogP contribution in [0.25, 0.3) is 33.5 Å². The van der Waals surface area contributed by atoms with Gasteiger partial charge in [0.25, 0.3) is 0 Å². The Labute approximate surface area is 163 Å². The number of sulfonamides is 1. The van der Waals surface area contributed by atoms with Gasteiger partial charge in [-0.3, -0.25) is 0 Å². The first kappa shape index (κ1) is 18.2. The molecule has 0 saturated carbocycles. The number of primary sulfonamides is 1. The van der Waals surface area contributed by atoms with Crippen LogP contribution in [0, 0.1) is 0 Å². The van der Waals surface area contributed by atoms with Gasteiger partial charge in [0.15, 0.2) is 0 Å². The lowest BCUT2D eigenvalue weighted by Gasteiger charge is -2.06. The highest BCUT2D eigenvalue weighted by Crippen LogP contribution is 2.35. The number of nitrogens with two attached hydrogens (primary N) is 1. The van der Waals surface area contributed by atoms with Crippen molar-refractivity contribution in [2.45, 2.75) is 11.8 Å². The van der Waals surface area contributed by atoms with Crippen LogP contribution in [-0.2, 0) is 10.0 Å². The fourth-order valence-electron chi connectivity index (χ4n) is 3.21. The molecule has 4 aromatic rings. The molecule has 2 N–H and O–H groups in total. The molecule has 0 aliphatic rings.